The minimum absolute atomic E-state index is 0.00289. The van der Waals surface area contributed by atoms with Gasteiger partial charge in [-0.3, -0.25) is 19.2 Å². The Balaban J connectivity index is 1.39. The topological polar surface area (TPSA) is 221 Å². The number of carbonyl (C=O) groups excluding carboxylic acids is 6. The van der Waals surface area contributed by atoms with Gasteiger partial charge in [0.2, 0.25) is 0 Å². The molecule has 7 rings (SSSR count). The summed E-state index contributed by atoms with van der Waals surface area (Å²) in [5.41, 5.74) is -7.02. The molecule has 1 amide bonds. The maximum absolute atomic E-state index is 15.5. The highest BCUT2D eigenvalue weighted by atomic mass is 16.6. The van der Waals surface area contributed by atoms with Crippen molar-refractivity contribution in [2.75, 3.05) is 6.61 Å². The van der Waals surface area contributed by atoms with Gasteiger partial charge in [0.25, 0.3) is 5.91 Å². The Morgan fingerprint density at radius 3 is 1.95 bits per heavy atom. The molecule has 4 N–H and O–H groups in total. The van der Waals surface area contributed by atoms with Gasteiger partial charge in [-0.05, 0) is 54.8 Å². The van der Waals surface area contributed by atoms with E-state index in [1.807, 2.05) is 0 Å². The van der Waals surface area contributed by atoms with E-state index in [1.54, 1.807) is 92.7 Å². The van der Waals surface area contributed by atoms with Crippen LogP contribution in [0.15, 0.2) is 102 Å². The van der Waals surface area contributed by atoms with E-state index in [-0.39, 0.29) is 35.3 Å². The van der Waals surface area contributed by atoms with Crippen LogP contribution in [0.1, 0.15) is 86.7 Å². The van der Waals surface area contributed by atoms with Crippen LogP contribution in [0.5, 0.6) is 0 Å². The van der Waals surface area contributed by atoms with Gasteiger partial charge in [0.05, 0.1) is 35.6 Å². The predicted octanol–water partition coefficient (Wildman–Crippen LogP) is 3.74. The first-order chi connectivity index (χ1) is 29.3. The molecule has 1 unspecified atom stereocenters. The molecule has 2 saturated carbocycles. The predicted molar refractivity (Wildman–Crippen MR) is 218 cm³/mol. The van der Waals surface area contributed by atoms with E-state index >= 15 is 4.79 Å². The van der Waals surface area contributed by atoms with Crippen LogP contribution in [0.3, 0.4) is 0 Å². The fourth-order valence-electron chi connectivity index (χ4n) is 10.2. The van der Waals surface area contributed by atoms with Crippen LogP contribution in [0.2, 0.25) is 0 Å². The lowest BCUT2D eigenvalue weighted by molar-refractivity contribution is -0.346. The van der Waals surface area contributed by atoms with Crippen molar-refractivity contribution >= 4 is 35.6 Å². The largest absolute Gasteiger partial charge is 0.456 e. The number of fused-ring (bicyclic) bond motifs is 5. The Hall–Kier alpha value is -5.74. The molecule has 1 saturated heterocycles. The lowest BCUT2D eigenvalue weighted by atomic mass is 9.44. The molecule has 3 aromatic carbocycles. The molecule has 3 fully saturated rings. The molecule has 4 aliphatic rings. The third-order valence-electron chi connectivity index (χ3n) is 13.5. The highest BCUT2D eigenvalue weighted by Gasteiger charge is 2.78. The van der Waals surface area contributed by atoms with Crippen molar-refractivity contribution in [2.45, 2.75) is 108 Å². The molecule has 328 valence electrons. The molecule has 15 heteroatoms. The Kier molecular flexibility index (Phi) is 11.8. The second kappa shape index (κ2) is 16.5. The summed E-state index contributed by atoms with van der Waals surface area (Å²) >= 11 is 0. The fourth-order valence-corrected chi connectivity index (χ4v) is 10.2. The number of hydrogen-bond acceptors (Lipinski definition) is 14. The molecule has 62 heavy (non-hydrogen) atoms. The highest BCUT2D eigenvalue weighted by Crippen LogP contribution is 2.64. The maximum Gasteiger partial charge on any atom is 0.338 e. The Morgan fingerprint density at radius 1 is 0.823 bits per heavy atom. The molecule has 0 aromatic heterocycles. The summed E-state index contributed by atoms with van der Waals surface area (Å²) in [5.74, 6) is -6.84. The average Bonchev–Trinajstić information content (AvgIpc) is 3.24. The summed E-state index contributed by atoms with van der Waals surface area (Å²) < 4.78 is 30.3. The normalized spacial score (nSPS) is 31.9. The van der Waals surface area contributed by atoms with Gasteiger partial charge in [0.15, 0.2) is 23.6 Å². The summed E-state index contributed by atoms with van der Waals surface area (Å²) in [6.45, 7) is 7.97. The van der Waals surface area contributed by atoms with Crippen molar-refractivity contribution in [2.24, 2.45) is 16.7 Å². The second-order valence-corrected chi connectivity index (χ2v) is 17.4. The molecule has 3 aliphatic carbocycles. The van der Waals surface area contributed by atoms with Gasteiger partial charge in [-0.15, -0.1) is 0 Å². The van der Waals surface area contributed by atoms with Crippen molar-refractivity contribution < 1.29 is 67.8 Å². The summed E-state index contributed by atoms with van der Waals surface area (Å²) in [7, 11) is 0. The van der Waals surface area contributed by atoms with E-state index in [2.05, 4.69) is 5.32 Å². The number of rotatable bonds is 10. The molecule has 0 spiro atoms. The Morgan fingerprint density at radius 2 is 1.40 bits per heavy atom. The minimum Gasteiger partial charge on any atom is -0.456 e. The number of nitrogens with one attached hydrogen (secondary N) is 1. The zero-order valence-electron chi connectivity index (χ0n) is 35.2. The van der Waals surface area contributed by atoms with Gasteiger partial charge in [0, 0.05) is 37.7 Å². The van der Waals surface area contributed by atoms with Crippen LogP contribution in [0, 0.1) is 16.7 Å². The third-order valence-corrected chi connectivity index (χ3v) is 13.5. The van der Waals surface area contributed by atoms with Gasteiger partial charge in [-0.25, -0.2) is 9.59 Å². The SMILES string of the molecule is CC(=O)O[C@H]1C(=O)[C@]2(C)[C@@H](O)CC3OC[C@@]3(OC(C)=O)[C@H]2[C@H](OC(=O)[13c]2[13cH][13cH][13cH][13cH][13cH]2)[C@]2(O)C[C@H](OC(=O)[C@H](O)[C@@H](NC(=O)c3ccccc3)c3ccccc3)C(C)=C1C2(C)C. The molecule has 1 heterocycles. The number of carbonyl (C=O) groups is 6. The lowest BCUT2D eigenvalue weighted by Gasteiger charge is -2.67. The smallest absolute Gasteiger partial charge is 0.338 e. The number of aliphatic hydroxyl groups is 3. The van der Waals surface area contributed by atoms with E-state index in [4.69, 9.17) is 23.7 Å². The number of Topliss-reactive ketones (excluding diaryl/α,β-unsaturated/α-hetero) is 1. The van der Waals surface area contributed by atoms with E-state index in [1.165, 1.54) is 26.0 Å². The second-order valence-electron chi connectivity index (χ2n) is 17.4. The molecule has 1 aliphatic heterocycles. The standard InChI is InChI=1S/C47H51NO14/c1-25-31(60-43(56)36(52)35(28-16-10-7-11-17-28)48-41(54)29-18-12-8-13-19-29)23-47(57)40(61-42(55)30-20-14-9-15-21-30)38-45(6,32(51)22-33-46(38,24-58-33)62-27(3)50)39(53)37(59-26(2)49)34(25)44(47,4)5/h7-21,31-33,35-38,40,51-52,57H,22-24H2,1-6H3,(H,48,54)/t31-,32-,33?,35-,36+,37+,38-,40-,45+,46-,47+/m0/s1/i9+1,14+1,15+1,20+1,21+1,30+1. The maximum atomic E-state index is 15.5. The van der Waals surface area contributed by atoms with Crippen molar-refractivity contribution in [3.8, 4) is 0 Å². The average molecular weight is 860 g/mol. The van der Waals surface area contributed by atoms with Crippen LogP contribution in [0.4, 0.5) is 0 Å². The van der Waals surface area contributed by atoms with Gasteiger partial charge in [-0.1, -0.05) is 80.6 Å². The van der Waals surface area contributed by atoms with E-state index in [0.29, 0.717) is 5.56 Å². The highest BCUT2D eigenvalue weighted by molar-refractivity contribution is 5.96. The van der Waals surface area contributed by atoms with Crippen LogP contribution < -0.4 is 5.32 Å². The Bertz CT molecular complexity index is 2280. The molecular formula is C47H51NO14. The first-order valence-corrected chi connectivity index (χ1v) is 20.5. The van der Waals surface area contributed by atoms with Gasteiger partial charge in [0.1, 0.15) is 23.9 Å². The number of ether oxygens (including phenoxy) is 5. The molecule has 3 aromatic rings. The quantitative estimate of drug-likeness (QED) is 0.130. The first kappa shape index (κ1) is 44.3. The number of aliphatic hydroxyl groups excluding tert-OH is 2. The zero-order valence-corrected chi connectivity index (χ0v) is 35.2. The van der Waals surface area contributed by atoms with Crippen molar-refractivity contribution in [1.82, 2.24) is 5.32 Å². The number of esters is 4. The summed E-state index contributed by atoms with van der Waals surface area (Å²) in [5, 5.41) is 40.2. The number of hydrogen-bond donors (Lipinski definition) is 4. The Labute approximate surface area is 358 Å². The molecule has 2 bridgehead atoms. The van der Waals surface area contributed by atoms with Crippen molar-refractivity contribution in [3.05, 3.63) is 119 Å². The van der Waals surface area contributed by atoms with Crippen LogP contribution in [-0.4, -0.2) is 105 Å². The lowest BCUT2D eigenvalue weighted by Crippen LogP contribution is -2.82. The minimum atomic E-state index is -2.39. The summed E-state index contributed by atoms with van der Waals surface area (Å²) in [6.07, 6.45) is -10.5. The van der Waals surface area contributed by atoms with Crippen molar-refractivity contribution in [3.63, 3.8) is 0 Å². The molecule has 0 radical (unpaired) electrons. The van der Waals surface area contributed by atoms with Gasteiger partial charge >= 0.3 is 23.9 Å². The number of ketones is 1. The number of benzene rings is 3. The first-order valence-electron chi connectivity index (χ1n) is 20.5. The van der Waals surface area contributed by atoms with E-state index < -0.39 is 113 Å². The van der Waals surface area contributed by atoms with E-state index in [9.17, 15) is 39.3 Å². The van der Waals surface area contributed by atoms with Crippen LogP contribution in [0.25, 0.3) is 0 Å². The molecule has 15 nitrogen and oxygen atoms in total. The fraction of sp³-hybridized carbons (Fsp3) is 0.447. The van der Waals surface area contributed by atoms with E-state index in [0.717, 1.165) is 13.8 Å². The number of amides is 1. The third kappa shape index (κ3) is 7.29. The van der Waals surface area contributed by atoms with Gasteiger partial charge in [-0.2, -0.15) is 0 Å². The zero-order chi connectivity index (χ0) is 44.9. The van der Waals surface area contributed by atoms with Crippen LogP contribution in [-0.2, 0) is 42.9 Å². The monoisotopic (exact) mass is 859 g/mol. The van der Waals surface area contributed by atoms with Crippen molar-refractivity contribution in [1.29, 1.82) is 0 Å². The molecule has 11 atom stereocenters. The van der Waals surface area contributed by atoms with Gasteiger partial charge < -0.3 is 44.3 Å². The summed E-state index contributed by atoms with van der Waals surface area (Å²) in [4.78, 5) is 83.5. The van der Waals surface area contributed by atoms with Crippen LogP contribution >= 0.6 is 0 Å². The molecular weight excluding hydrogens is 808 g/mol. The summed E-state index contributed by atoms with van der Waals surface area (Å²) in [6, 6.07) is 22.9.